The maximum Gasteiger partial charge on any atom is 0.0700 e. The molecule has 0 unspecified atom stereocenters. The van der Waals surface area contributed by atoms with Gasteiger partial charge < -0.3 is 20.5 Å². The molecule has 0 aliphatic carbocycles. The molecule has 19 heavy (non-hydrogen) atoms. The van der Waals surface area contributed by atoms with Gasteiger partial charge in [-0.3, -0.25) is 0 Å². The molecule has 1 rings (SSSR count). The van der Waals surface area contributed by atoms with E-state index in [2.05, 4.69) is 5.32 Å². The minimum absolute atomic E-state index is 0.469. The van der Waals surface area contributed by atoms with Gasteiger partial charge in [0.1, 0.15) is 0 Å². The van der Waals surface area contributed by atoms with Crippen LogP contribution < -0.4 is 11.1 Å². The van der Waals surface area contributed by atoms with Gasteiger partial charge in [0.2, 0.25) is 0 Å². The Hall–Kier alpha value is -0.680. The number of nitrogens with one attached hydrogen (secondary N) is 1. The number of methoxy groups -OCH3 is 1. The summed E-state index contributed by atoms with van der Waals surface area (Å²) < 4.78 is 10.3. The molecule has 0 saturated carbocycles. The molecule has 4 nitrogen and oxygen atoms in total. The lowest BCUT2D eigenvalue weighted by Crippen LogP contribution is -2.07. The fraction of sp³-hybridized carbons (Fsp3) is 0.538. The van der Waals surface area contributed by atoms with Crippen LogP contribution in [0.2, 0.25) is 10.0 Å². The van der Waals surface area contributed by atoms with Crippen molar-refractivity contribution in [3.8, 4) is 0 Å². The Balaban J connectivity index is 2.17. The van der Waals surface area contributed by atoms with Crippen molar-refractivity contribution in [1.29, 1.82) is 0 Å². The summed E-state index contributed by atoms with van der Waals surface area (Å²) in [6.07, 6.45) is 1.98. The van der Waals surface area contributed by atoms with Crippen LogP contribution in [0.1, 0.15) is 12.8 Å². The molecule has 0 aliphatic heterocycles. The van der Waals surface area contributed by atoms with Crippen LogP contribution in [-0.2, 0) is 9.47 Å². The molecule has 0 amide bonds. The molecule has 108 valence electrons. The summed E-state index contributed by atoms with van der Waals surface area (Å²) in [6.45, 7) is 2.83. The zero-order valence-electron chi connectivity index (χ0n) is 11.0. The first-order valence-corrected chi connectivity index (χ1v) is 6.96. The van der Waals surface area contributed by atoms with Crippen LogP contribution in [0.15, 0.2) is 12.1 Å². The van der Waals surface area contributed by atoms with Crippen molar-refractivity contribution >= 4 is 34.6 Å². The lowest BCUT2D eigenvalue weighted by Gasteiger charge is -2.10. The second kappa shape index (κ2) is 9.26. The van der Waals surface area contributed by atoms with Crippen molar-refractivity contribution in [1.82, 2.24) is 0 Å². The van der Waals surface area contributed by atoms with Gasteiger partial charge in [-0.1, -0.05) is 23.2 Å². The monoisotopic (exact) mass is 306 g/mol. The Bertz CT molecular complexity index is 389. The molecule has 0 heterocycles. The van der Waals surface area contributed by atoms with Gasteiger partial charge in [-0.05, 0) is 25.0 Å². The van der Waals surface area contributed by atoms with Crippen molar-refractivity contribution in [3.05, 3.63) is 22.2 Å². The molecule has 0 radical (unpaired) electrons. The standard InChI is InChI=1S/C13H20Cl2N2O2/c1-18-6-7-19-5-3-2-4-17-13-9-11(15)10(14)8-12(13)16/h8-9,17H,2-7,16H2,1H3. The summed E-state index contributed by atoms with van der Waals surface area (Å²) >= 11 is 11.8. The second-order valence-corrected chi connectivity index (χ2v) is 4.91. The number of unbranched alkanes of at least 4 members (excludes halogenated alkanes) is 1. The predicted molar refractivity (Wildman–Crippen MR) is 81.3 cm³/mol. The molecule has 0 atom stereocenters. The van der Waals surface area contributed by atoms with E-state index in [0.29, 0.717) is 28.9 Å². The molecule has 0 saturated heterocycles. The zero-order chi connectivity index (χ0) is 14.1. The number of hydrogen-bond acceptors (Lipinski definition) is 4. The van der Waals surface area contributed by atoms with E-state index in [1.807, 2.05) is 0 Å². The lowest BCUT2D eigenvalue weighted by molar-refractivity contribution is 0.0691. The highest BCUT2D eigenvalue weighted by atomic mass is 35.5. The molecule has 3 N–H and O–H groups in total. The summed E-state index contributed by atoms with van der Waals surface area (Å²) in [5, 5.41) is 4.20. The summed E-state index contributed by atoms with van der Waals surface area (Å²) in [7, 11) is 1.66. The Kier molecular flexibility index (Phi) is 7.98. The first-order chi connectivity index (χ1) is 9.15. The van der Waals surface area contributed by atoms with Gasteiger partial charge >= 0.3 is 0 Å². The Morgan fingerprint density at radius 2 is 1.84 bits per heavy atom. The molecule has 0 bridgehead atoms. The average molecular weight is 307 g/mol. The normalized spacial score (nSPS) is 10.7. The minimum atomic E-state index is 0.469. The summed E-state index contributed by atoms with van der Waals surface area (Å²) in [6, 6.07) is 3.40. The quantitative estimate of drug-likeness (QED) is 0.542. The molecular formula is C13H20Cl2N2O2. The SMILES string of the molecule is COCCOCCCCNc1cc(Cl)c(Cl)cc1N. The van der Waals surface area contributed by atoms with Crippen molar-refractivity contribution in [2.75, 3.05) is 44.5 Å². The zero-order valence-corrected chi connectivity index (χ0v) is 12.6. The number of ether oxygens (including phenoxy) is 2. The van der Waals surface area contributed by atoms with Crippen LogP contribution >= 0.6 is 23.2 Å². The summed E-state index contributed by atoms with van der Waals surface area (Å²) in [5.41, 5.74) is 7.26. The predicted octanol–water partition coefficient (Wildman–Crippen LogP) is 3.43. The van der Waals surface area contributed by atoms with Crippen LogP contribution in [-0.4, -0.2) is 33.5 Å². The van der Waals surface area contributed by atoms with Gasteiger partial charge in [0.05, 0.1) is 34.6 Å². The first kappa shape index (κ1) is 16.4. The van der Waals surface area contributed by atoms with Gasteiger partial charge in [-0.2, -0.15) is 0 Å². The van der Waals surface area contributed by atoms with Crippen molar-refractivity contribution in [3.63, 3.8) is 0 Å². The third-order valence-corrected chi connectivity index (χ3v) is 3.28. The smallest absolute Gasteiger partial charge is 0.0700 e. The molecular weight excluding hydrogens is 287 g/mol. The maximum absolute atomic E-state index is 5.94. The number of halogens is 2. The topological polar surface area (TPSA) is 56.5 Å². The number of hydrogen-bond donors (Lipinski definition) is 2. The summed E-state index contributed by atoms with van der Waals surface area (Å²) in [4.78, 5) is 0. The van der Waals surface area contributed by atoms with Gasteiger partial charge in [0, 0.05) is 20.3 Å². The molecule has 0 aromatic heterocycles. The van der Waals surface area contributed by atoms with Crippen molar-refractivity contribution < 1.29 is 9.47 Å². The minimum Gasteiger partial charge on any atom is -0.397 e. The Morgan fingerprint density at radius 1 is 1.11 bits per heavy atom. The molecule has 0 fully saturated rings. The van der Waals surface area contributed by atoms with Crippen LogP contribution in [0.4, 0.5) is 11.4 Å². The Morgan fingerprint density at radius 3 is 2.58 bits per heavy atom. The molecule has 6 heteroatoms. The van der Waals surface area contributed by atoms with Crippen molar-refractivity contribution in [2.45, 2.75) is 12.8 Å². The number of anilines is 2. The number of nitrogens with two attached hydrogens (primary N) is 1. The average Bonchev–Trinajstić information content (AvgIpc) is 2.38. The number of benzene rings is 1. The highest BCUT2D eigenvalue weighted by molar-refractivity contribution is 6.42. The first-order valence-electron chi connectivity index (χ1n) is 6.20. The third kappa shape index (κ3) is 6.34. The van der Waals surface area contributed by atoms with Crippen LogP contribution in [0.5, 0.6) is 0 Å². The van der Waals surface area contributed by atoms with Gasteiger partial charge in [-0.25, -0.2) is 0 Å². The molecule has 0 aliphatic rings. The lowest BCUT2D eigenvalue weighted by atomic mass is 10.2. The van der Waals surface area contributed by atoms with Gasteiger partial charge in [0.25, 0.3) is 0 Å². The highest BCUT2D eigenvalue weighted by Gasteiger charge is 2.04. The molecule has 1 aromatic rings. The molecule has 0 spiro atoms. The van der Waals surface area contributed by atoms with Crippen LogP contribution in [0.25, 0.3) is 0 Å². The van der Waals surface area contributed by atoms with E-state index in [1.54, 1.807) is 19.2 Å². The number of rotatable bonds is 9. The Labute approximate surface area is 124 Å². The third-order valence-electron chi connectivity index (χ3n) is 2.56. The summed E-state index contributed by atoms with van der Waals surface area (Å²) in [5.74, 6) is 0. The van der Waals surface area contributed by atoms with E-state index in [9.17, 15) is 0 Å². The molecule has 1 aromatic carbocycles. The van der Waals surface area contributed by atoms with Crippen LogP contribution in [0, 0.1) is 0 Å². The van der Waals surface area contributed by atoms with Gasteiger partial charge in [-0.15, -0.1) is 0 Å². The van der Waals surface area contributed by atoms with Crippen LogP contribution in [0.3, 0.4) is 0 Å². The number of nitrogen functional groups attached to an aromatic ring is 1. The largest absolute Gasteiger partial charge is 0.397 e. The van der Waals surface area contributed by atoms with E-state index >= 15 is 0 Å². The second-order valence-electron chi connectivity index (χ2n) is 4.09. The van der Waals surface area contributed by atoms with E-state index in [4.69, 9.17) is 38.4 Å². The fourth-order valence-corrected chi connectivity index (χ4v) is 1.85. The fourth-order valence-electron chi connectivity index (χ4n) is 1.51. The van der Waals surface area contributed by atoms with E-state index in [1.165, 1.54) is 0 Å². The van der Waals surface area contributed by atoms with E-state index in [-0.39, 0.29) is 0 Å². The van der Waals surface area contributed by atoms with E-state index < -0.39 is 0 Å². The van der Waals surface area contributed by atoms with Gasteiger partial charge in [0.15, 0.2) is 0 Å². The highest BCUT2D eigenvalue weighted by Crippen LogP contribution is 2.30. The van der Waals surface area contributed by atoms with E-state index in [0.717, 1.165) is 31.7 Å². The maximum atomic E-state index is 5.94. The van der Waals surface area contributed by atoms with Crippen molar-refractivity contribution in [2.24, 2.45) is 0 Å².